The predicted molar refractivity (Wildman–Crippen MR) is 72.0 cm³/mol. The molecule has 0 saturated heterocycles. The maximum Gasteiger partial charge on any atom is 0.225 e. The summed E-state index contributed by atoms with van der Waals surface area (Å²) >= 11 is 0. The van der Waals surface area contributed by atoms with E-state index < -0.39 is 0 Å². The molecule has 0 aliphatic heterocycles. The van der Waals surface area contributed by atoms with Crippen molar-refractivity contribution < 1.29 is 13.9 Å². The molecule has 0 radical (unpaired) electrons. The first kappa shape index (κ1) is 13.2. The lowest BCUT2D eigenvalue weighted by Crippen LogP contribution is -2.28. The number of methoxy groups -OCH3 is 1. The number of rotatable bonds is 5. The fourth-order valence-electron chi connectivity index (χ4n) is 1.92. The number of amides is 1. The molecule has 4 heteroatoms. The zero-order valence-electron chi connectivity index (χ0n) is 11.1. The Hall–Kier alpha value is -2.23. The van der Waals surface area contributed by atoms with Gasteiger partial charge in [0, 0.05) is 5.56 Å². The highest BCUT2D eigenvalue weighted by Crippen LogP contribution is 2.18. The summed E-state index contributed by atoms with van der Waals surface area (Å²) in [6, 6.07) is 11.0. The molecule has 100 valence electrons. The summed E-state index contributed by atoms with van der Waals surface area (Å²) in [5.41, 5.74) is 0.870. The molecular formula is C15H17NO3. The van der Waals surface area contributed by atoms with Crippen LogP contribution in [0.3, 0.4) is 0 Å². The Labute approximate surface area is 112 Å². The minimum atomic E-state index is -0.141. The van der Waals surface area contributed by atoms with Crippen molar-refractivity contribution in [3.63, 3.8) is 0 Å². The largest absolute Gasteiger partial charge is 0.496 e. The second-order valence-corrected chi connectivity index (χ2v) is 4.29. The maximum absolute atomic E-state index is 12.0. The zero-order chi connectivity index (χ0) is 13.7. The number of para-hydroxylation sites is 1. The number of carbonyl (C=O) groups is 1. The van der Waals surface area contributed by atoms with E-state index in [1.54, 1.807) is 19.4 Å². The number of hydrogen-bond donors (Lipinski definition) is 1. The lowest BCUT2D eigenvalue weighted by atomic mass is 10.1. The fourth-order valence-corrected chi connectivity index (χ4v) is 1.92. The van der Waals surface area contributed by atoms with Gasteiger partial charge in [0.15, 0.2) is 0 Å². The van der Waals surface area contributed by atoms with Crippen LogP contribution < -0.4 is 10.1 Å². The Kier molecular flexibility index (Phi) is 4.23. The molecule has 0 saturated carbocycles. The van der Waals surface area contributed by atoms with E-state index in [1.165, 1.54) is 0 Å². The molecule has 0 spiro atoms. The van der Waals surface area contributed by atoms with Gasteiger partial charge in [0.25, 0.3) is 0 Å². The summed E-state index contributed by atoms with van der Waals surface area (Å²) in [4.78, 5) is 12.0. The van der Waals surface area contributed by atoms with Gasteiger partial charge in [0.1, 0.15) is 11.5 Å². The van der Waals surface area contributed by atoms with E-state index in [0.717, 1.165) is 17.1 Å². The third-order valence-corrected chi connectivity index (χ3v) is 2.89. The van der Waals surface area contributed by atoms with Gasteiger partial charge in [-0.1, -0.05) is 18.2 Å². The second-order valence-electron chi connectivity index (χ2n) is 4.29. The molecule has 0 bridgehead atoms. The van der Waals surface area contributed by atoms with Crippen molar-refractivity contribution in [1.29, 1.82) is 0 Å². The molecule has 1 heterocycles. The predicted octanol–water partition coefficient (Wildman–Crippen LogP) is 2.71. The molecule has 1 atom stereocenters. The molecule has 1 aromatic carbocycles. The zero-order valence-corrected chi connectivity index (χ0v) is 11.1. The molecule has 2 rings (SSSR count). The van der Waals surface area contributed by atoms with Crippen LogP contribution in [0.25, 0.3) is 0 Å². The lowest BCUT2D eigenvalue weighted by Gasteiger charge is -2.12. The summed E-state index contributed by atoms with van der Waals surface area (Å²) in [5, 5.41) is 2.89. The van der Waals surface area contributed by atoms with E-state index in [-0.39, 0.29) is 18.4 Å². The van der Waals surface area contributed by atoms with E-state index in [4.69, 9.17) is 9.15 Å². The monoisotopic (exact) mass is 259 g/mol. The van der Waals surface area contributed by atoms with Crippen LogP contribution in [0, 0.1) is 0 Å². The molecule has 2 aromatic rings. The summed E-state index contributed by atoms with van der Waals surface area (Å²) in [5.74, 6) is 1.41. The van der Waals surface area contributed by atoms with Gasteiger partial charge in [-0.2, -0.15) is 0 Å². The first-order valence-corrected chi connectivity index (χ1v) is 6.15. The number of hydrogen-bond acceptors (Lipinski definition) is 3. The molecule has 0 aliphatic carbocycles. The van der Waals surface area contributed by atoms with Crippen molar-refractivity contribution >= 4 is 5.91 Å². The third-order valence-electron chi connectivity index (χ3n) is 2.89. The summed E-state index contributed by atoms with van der Waals surface area (Å²) in [6.45, 7) is 1.89. The normalized spacial score (nSPS) is 11.9. The van der Waals surface area contributed by atoms with Crippen LogP contribution in [-0.2, 0) is 11.2 Å². The van der Waals surface area contributed by atoms with Gasteiger partial charge >= 0.3 is 0 Å². The van der Waals surface area contributed by atoms with Crippen LogP contribution in [0.2, 0.25) is 0 Å². The quantitative estimate of drug-likeness (QED) is 0.898. The van der Waals surface area contributed by atoms with Crippen LogP contribution in [0.15, 0.2) is 47.1 Å². The Morgan fingerprint density at radius 3 is 2.79 bits per heavy atom. The molecule has 4 nitrogen and oxygen atoms in total. The number of nitrogens with one attached hydrogen (secondary N) is 1. The molecule has 19 heavy (non-hydrogen) atoms. The molecule has 1 aromatic heterocycles. The highest BCUT2D eigenvalue weighted by Gasteiger charge is 2.13. The van der Waals surface area contributed by atoms with Crippen LogP contribution in [0.4, 0.5) is 0 Å². The average Bonchev–Trinajstić information content (AvgIpc) is 2.93. The smallest absolute Gasteiger partial charge is 0.225 e. The minimum Gasteiger partial charge on any atom is -0.496 e. The van der Waals surface area contributed by atoms with E-state index in [0.29, 0.717) is 0 Å². The Balaban J connectivity index is 1.98. The highest BCUT2D eigenvalue weighted by molar-refractivity contribution is 5.79. The number of furan rings is 1. The Morgan fingerprint density at radius 2 is 2.11 bits per heavy atom. The third kappa shape index (κ3) is 3.37. The van der Waals surface area contributed by atoms with Crippen molar-refractivity contribution in [3.8, 4) is 5.75 Å². The first-order valence-electron chi connectivity index (χ1n) is 6.15. The molecule has 0 fully saturated rings. The van der Waals surface area contributed by atoms with Gasteiger partial charge < -0.3 is 14.5 Å². The SMILES string of the molecule is COc1ccccc1CC(=O)NC(C)c1ccco1. The number of carbonyl (C=O) groups excluding carboxylic acids is 1. The Morgan fingerprint density at radius 1 is 1.32 bits per heavy atom. The van der Waals surface area contributed by atoms with Gasteiger partial charge in [-0.15, -0.1) is 0 Å². The number of benzene rings is 1. The molecule has 1 unspecified atom stereocenters. The Bertz CT molecular complexity index is 534. The second kappa shape index (κ2) is 6.09. The summed E-state index contributed by atoms with van der Waals surface area (Å²) in [6.07, 6.45) is 1.88. The van der Waals surface area contributed by atoms with E-state index in [1.807, 2.05) is 37.3 Å². The number of ether oxygens (including phenoxy) is 1. The lowest BCUT2D eigenvalue weighted by molar-refractivity contribution is -0.121. The van der Waals surface area contributed by atoms with Crippen molar-refractivity contribution in [2.45, 2.75) is 19.4 Å². The first-order chi connectivity index (χ1) is 9.20. The van der Waals surface area contributed by atoms with Crippen molar-refractivity contribution in [3.05, 3.63) is 54.0 Å². The van der Waals surface area contributed by atoms with E-state index in [9.17, 15) is 4.79 Å². The van der Waals surface area contributed by atoms with Crippen LogP contribution in [-0.4, -0.2) is 13.0 Å². The fraction of sp³-hybridized carbons (Fsp3) is 0.267. The highest BCUT2D eigenvalue weighted by atomic mass is 16.5. The van der Waals surface area contributed by atoms with Gasteiger partial charge in [-0.25, -0.2) is 0 Å². The summed E-state index contributed by atoms with van der Waals surface area (Å²) < 4.78 is 10.5. The van der Waals surface area contributed by atoms with Crippen LogP contribution in [0.1, 0.15) is 24.3 Å². The molecule has 0 aliphatic rings. The van der Waals surface area contributed by atoms with Gasteiger partial charge in [-0.3, -0.25) is 4.79 Å². The molecular weight excluding hydrogens is 242 g/mol. The minimum absolute atomic E-state index is 0.0617. The van der Waals surface area contributed by atoms with Gasteiger partial charge in [0.2, 0.25) is 5.91 Å². The van der Waals surface area contributed by atoms with Crippen LogP contribution >= 0.6 is 0 Å². The standard InChI is InChI=1S/C15H17NO3/c1-11(13-8-5-9-19-13)16-15(17)10-12-6-3-4-7-14(12)18-2/h3-9,11H,10H2,1-2H3,(H,16,17). The summed E-state index contributed by atoms with van der Waals surface area (Å²) in [7, 11) is 1.60. The van der Waals surface area contributed by atoms with E-state index >= 15 is 0 Å². The molecule has 1 N–H and O–H groups in total. The topological polar surface area (TPSA) is 51.5 Å². The van der Waals surface area contributed by atoms with E-state index in [2.05, 4.69) is 5.32 Å². The van der Waals surface area contributed by atoms with Crippen molar-refractivity contribution in [2.75, 3.05) is 7.11 Å². The maximum atomic E-state index is 12.0. The van der Waals surface area contributed by atoms with Crippen molar-refractivity contribution in [2.24, 2.45) is 0 Å². The average molecular weight is 259 g/mol. The molecule has 1 amide bonds. The van der Waals surface area contributed by atoms with Gasteiger partial charge in [0.05, 0.1) is 25.8 Å². The van der Waals surface area contributed by atoms with Crippen molar-refractivity contribution in [1.82, 2.24) is 5.32 Å². The van der Waals surface area contributed by atoms with Gasteiger partial charge in [-0.05, 0) is 25.1 Å². The van der Waals surface area contributed by atoms with Crippen LogP contribution in [0.5, 0.6) is 5.75 Å².